The van der Waals surface area contributed by atoms with E-state index in [4.69, 9.17) is 10.5 Å². The van der Waals surface area contributed by atoms with Crippen molar-refractivity contribution in [2.75, 3.05) is 7.11 Å². The Kier molecular flexibility index (Phi) is 2.13. The molecule has 3 nitrogen and oxygen atoms in total. The minimum Gasteiger partial charge on any atom is -0.496 e. The molecule has 0 aliphatic heterocycles. The Bertz CT molecular complexity index is 464. The number of fused-ring (bicyclic) bond motifs is 1. The van der Waals surface area contributed by atoms with Crippen LogP contribution in [0.25, 0.3) is 10.9 Å². The lowest BCUT2D eigenvalue weighted by atomic mass is 10.2. The van der Waals surface area contributed by atoms with Crippen LogP contribution >= 0.6 is 0 Å². The Morgan fingerprint density at radius 2 is 2.29 bits per heavy atom. The number of halogens is 1. The van der Waals surface area contributed by atoms with Crippen LogP contribution in [0.3, 0.4) is 0 Å². The summed E-state index contributed by atoms with van der Waals surface area (Å²) in [6, 6.07) is 4.78. The Morgan fingerprint density at radius 1 is 1.50 bits per heavy atom. The molecule has 0 atom stereocenters. The van der Waals surface area contributed by atoms with Crippen LogP contribution in [-0.2, 0) is 6.54 Å². The van der Waals surface area contributed by atoms with E-state index in [0.717, 1.165) is 11.1 Å². The van der Waals surface area contributed by atoms with Crippen molar-refractivity contribution in [3.8, 4) is 5.75 Å². The molecule has 0 fully saturated rings. The van der Waals surface area contributed by atoms with Crippen LogP contribution < -0.4 is 10.5 Å². The molecule has 1 aromatic carbocycles. The minimum atomic E-state index is -0.291. The maximum Gasteiger partial charge on any atom is 0.147 e. The molecular formula is C10H11FN2O. The van der Waals surface area contributed by atoms with Crippen LogP contribution in [0.1, 0.15) is 5.69 Å². The number of nitrogens with one attached hydrogen (secondary N) is 1. The van der Waals surface area contributed by atoms with E-state index in [1.807, 2.05) is 0 Å². The van der Waals surface area contributed by atoms with E-state index < -0.39 is 0 Å². The predicted molar refractivity (Wildman–Crippen MR) is 52.7 cm³/mol. The smallest absolute Gasteiger partial charge is 0.147 e. The van der Waals surface area contributed by atoms with Crippen LogP contribution in [0.2, 0.25) is 0 Å². The van der Waals surface area contributed by atoms with Crippen molar-refractivity contribution < 1.29 is 9.13 Å². The van der Waals surface area contributed by atoms with Crippen molar-refractivity contribution in [2.45, 2.75) is 6.54 Å². The van der Waals surface area contributed by atoms with Gasteiger partial charge in [0.15, 0.2) is 0 Å². The number of H-pyrrole nitrogens is 1. The first kappa shape index (κ1) is 9.02. The molecule has 4 heteroatoms. The molecule has 0 spiro atoms. The number of hydrogen-bond acceptors (Lipinski definition) is 2. The summed E-state index contributed by atoms with van der Waals surface area (Å²) in [4.78, 5) is 2.91. The van der Waals surface area contributed by atoms with Gasteiger partial charge in [-0.3, -0.25) is 0 Å². The van der Waals surface area contributed by atoms with Gasteiger partial charge < -0.3 is 15.5 Å². The normalized spacial score (nSPS) is 10.8. The standard InChI is InChI=1S/C10H11FN2O/c1-14-9-3-2-8(11)10-7(9)4-6(5-12)13-10/h2-4,13H,5,12H2,1H3. The molecule has 74 valence electrons. The average molecular weight is 194 g/mol. The largest absolute Gasteiger partial charge is 0.496 e. The van der Waals surface area contributed by atoms with Gasteiger partial charge in [0.2, 0.25) is 0 Å². The summed E-state index contributed by atoms with van der Waals surface area (Å²) in [7, 11) is 1.56. The summed E-state index contributed by atoms with van der Waals surface area (Å²) in [5.41, 5.74) is 6.70. The molecule has 2 rings (SSSR count). The summed E-state index contributed by atoms with van der Waals surface area (Å²) in [5.74, 6) is 0.359. The zero-order valence-electron chi connectivity index (χ0n) is 7.80. The first-order valence-corrected chi connectivity index (χ1v) is 4.30. The van der Waals surface area contributed by atoms with Crippen molar-refractivity contribution >= 4 is 10.9 Å². The lowest BCUT2D eigenvalue weighted by molar-refractivity contribution is 0.419. The van der Waals surface area contributed by atoms with Crippen LogP contribution in [0.5, 0.6) is 5.75 Å². The summed E-state index contributed by atoms with van der Waals surface area (Å²) in [6.45, 7) is 0.358. The SMILES string of the molecule is COc1ccc(F)c2[nH]c(CN)cc12. The third-order valence-corrected chi connectivity index (χ3v) is 2.20. The van der Waals surface area contributed by atoms with Crippen LogP contribution in [0.4, 0.5) is 4.39 Å². The highest BCUT2D eigenvalue weighted by atomic mass is 19.1. The van der Waals surface area contributed by atoms with Crippen LogP contribution in [0, 0.1) is 5.82 Å². The number of aromatic nitrogens is 1. The lowest BCUT2D eigenvalue weighted by Crippen LogP contribution is -1.95. The molecule has 0 aliphatic carbocycles. The third kappa shape index (κ3) is 1.24. The summed E-state index contributed by atoms with van der Waals surface area (Å²) in [5, 5.41) is 0.730. The maximum absolute atomic E-state index is 13.3. The van der Waals surface area contributed by atoms with Crippen molar-refractivity contribution in [1.29, 1.82) is 0 Å². The Balaban J connectivity index is 2.74. The molecular weight excluding hydrogens is 183 g/mol. The van der Waals surface area contributed by atoms with Gasteiger partial charge in [-0.05, 0) is 18.2 Å². The van der Waals surface area contributed by atoms with E-state index in [0.29, 0.717) is 17.8 Å². The molecule has 14 heavy (non-hydrogen) atoms. The number of hydrogen-bond donors (Lipinski definition) is 2. The maximum atomic E-state index is 13.3. The Labute approximate surface area is 80.7 Å². The summed E-state index contributed by atoms with van der Waals surface area (Å²) < 4.78 is 18.4. The monoisotopic (exact) mass is 194 g/mol. The molecule has 0 aliphatic rings. The van der Waals surface area contributed by atoms with Crippen molar-refractivity contribution in [3.05, 3.63) is 29.7 Å². The Morgan fingerprint density at radius 3 is 2.93 bits per heavy atom. The molecule has 0 saturated carbocycles. The molecule has 0 unspecified atom stereocenters. The highest BCUT2D eigenvalue weighted by Gasteiger charge is 2.09. The van der Waals surface area contributed by atoms with Gasteiger partial charge in [-0.25, -0.2) is 4.39 Å². The van der Waals surface area contributed by atoms with Gasteiger partial charge in [0, 0.05) is 17.6 Å². The number of benzene rings is 1. The predicted octanol–water partition coefficient (Wildman–Crippen LogP) is 1.77. The number of nitrogens with two attached hydrogens (primary N) is 1. The van der Waals surface area contributed by atoms with Crippen LogP contribution in [-0.4, -0.2) is 12.1 Å². The van der Waals surface area contributed by atoms with Gasteiger partial charge in [-0.15, -0.1) is 0 Å². The minimum absolute atomic E-state index is 0.291. The number of aromatic amines is 1. The van der Waals surface area contributed by atoms with Crippen LogP contribution in [0.15, 0.2) is 18.2 Å². The summed E-state index contributed by atoms with van der Waals surface area (Å²) in [6.07, 6.45) is 0. The highest BCUT2D eigenvalue weighted by Crippen LogP contribution is 2.28. The van der Waals surface area contributed by atoms with E-state index in [-0.39, 0.29) is 5.82 Å². The zero-order valence-corrected chi connectivity index (χ0v) is 7.80. The lowest BCUT2D eigenvalue weighted by Gasteiger charge is -2.00. The number of rotatable bonds is 2. The molecule has 0 saturated heterocycles. The van der Waals surface area contributed by atoms with Crippen molar-refractivity contribution in [1.82, 2.24) is 4.98 Å². The number of ether oxygens (including phenoxy) is 1. The second-order valence-electron chi connectivity index (χ2n) is 3.04. The van der Waals surface area contributed by atoms with Gasteiger partial charge in [0.1, 0.15) is 11.6 Å². The highest BCUT2D eigenvalue weighted by molar-refractivity contribution is 5.87. The van der Waals surface area contributed by atoms with E-state index in [9.17, 15) is 4.39 Å². The fraction of sp³-hybridized carbons (Fsp3) is 0.200. The van der Waals surface area contributed by atoms with E-state index in [1.165, 1.54) is 6.07 Å². The van der Waals surface area contributed by atoms with Gasteiger partial charge in [0.05, 0.1) is 12.6 Å². The molecule has 0 bridgehead atoms. The molecule has 0 radical (unpaired) electrons. The van der Waals surface area contributed by atoms with E-state index >= 15 is 0 Å². The second kappa shape index (κ2) is 3.31. The zero-order chi connectivity index (χ0) is 10.1. The third-order valence-electron chi connectivity index (χ3n) is 2.20. The molecule has 1 aromatic heterocycles. The van der Waals surface area contributed by atoms with E-state index in [1.54, 1.807) is 19.2 Å². The molecule has 0 amide bonds. The van der Waals surface area contributed by atoms with Gasteiger partial charge in [-0.2, -0.15) is 0 Å². The first-order valence-electron chi connectivity index (χ1n) is 4.30. The fourth-order valence-electron chi connectivity index (χ4n) is 1.50. The molecule has 3 N–H and O–H groups in total. The van der Waals surface area contributed by atoms with Gasteiger partial charge >= 0.3 is 0 Å². The Hall–Kier alpha value is -1.55. The fourth-order valence-corrected chi connectivity index (χ4v) is 1.50. The number of methoxy groups -OCH3 is 1. The molecule has 1 heterocycles. The van der Waals surface area contributed by atoms with Gasteiger partial charge in [-0.1, -0.05) is 0 Å². The first-order chi connectivity index (χ1) is 6.76. The quantitative estimate of drug-likeness (QED) is 0.765. The van der Waals surface area contributed by atoms with Crippen molar-refractivity contribution in [2.24, 2.45) is 5.73 Å². The topological polar surface area (TPSA) is 51.0 Å². The average Bonchev–Trinajstić information content (AvgIpc) is 2.63. The second-order valence-corrected chi connectivity index (χ2v) is 3.04. The van der Waals surface area contributed by atoms with E-state index in [2.05, 4.69) is 4.98 Å². The summed E-state index contributed by atoms with van der Waals surface area (Å²) >= 11 is 0. The van der Waals surface area contributed by atoms with Crippen molar-refractivity contribution in [3.63, 3.8) is 0 Å². The van der Waals surface area contributed by atoms with Gasteiger partial charge in [0.25, 0.3) is 0 Å². The molecule has 2 aromatic rings.